The van der Waals surface area contributed by atoms with E-state index in [-0.39, 0.29) is 5.60 Å². The zero-order valence-electron chi connectivity index (χ0n) is 6.43. The van der Waals surface area contributed by atoms with E-state index in [0.29, 0.717) is 6.10 Å². The largest absolute Gasteiger partial charge is 0.361 e. The van der Waals surface area contributed by atoms with Gasteiger partial charge in [0, 0.05) is 14.7 Å². The molecule has 11 heavy (non-hydrogen) atoms. The van der Waals surface area contributed by atoms with Crippen LogP contribution in [-0.4, -0.2) is 5.60 Å². The van der Waals surface area contributed by atoms with Crippen molar-refractivity contribution < 1.29 is 4.74 Å². The first kappa shape index (κ1) is 7.77. The third-order valence-corrected chi connectivity index (χ3v) is 3.58. The highest BCUT2D eigenvalue weighted by Crippen LogP contribution is 2.50. The Balaban J connectivity index is 2.20. The summed E-state index contributed by atoms with van der Waals surface area (Å²) in [4.78, 5) is 1.32. The van der Waals surface area contributed by atoms with E-state index in [1.54, 1.807) is 11.3 Å². The minimum Gasteiger partial charge on any atom is -0.361 e. The van der Waals surface area contributed by atoms with Crippen LogP contribution >= 0.6 is 27.3 Å². The van der Waals surface area contributed by atoms with Gasteiger partial charge in [-0.05, 0) is 35.8 Å². The van der Waals surface area contributed by atoms with Gasteiger partial charge in [-0.15, -0.1) is 11.3 Å². The van der Waals surface area contributed by atoms with Crippen LogP contribution in [0.3, 0.4) is 0 Å². The summed E-state index contributed by atoms with van der Waals surface area (Å²) in [6.45, 7) is 4.23. The monoisotopic (exact) mass is 232 g/mol. The maximum atomic E-state index is 5.49. The molecule has 3 heteroatoms. The van der Waals surface area contributed by atoms with Gasteiger partial charge in [0.2, 0.25) is 0 Å². The van der Waals surface area contributed by atoms with E-state index in [1.165, 1.54) is 4.88 Å². The molecule has 1 atom stereocenters. The third kappa shape index (κ3) is 1.37. The molecule has 60 valence electrons. The number of halogens is 1. The number of ether oxygens (including phenoxy) is 1. The van der Waals surface area contributed by atoms with Crippen molar-refractivity contribution in [2.45, 2.75) is 25.6 Å². The predicted molar refractivity (Wildman–Crippen MR) is 49.9 cm³/mol. The van der Waals surface area contributed by atoms with E-state index in [0.717, 1.165) is 4.47 Å². The predicted octanol–water partition coefficient (Wildman–Crippen LogP) is 3.36. The molecule has 2 rings (SSSR count). The van der Waals surface area contributed by atoms with Crippen molar-refractivity contribution in [1.29, 1.82) is 0 Å². The van der Waals surface area contributed by atoms with Crippen molar-refractivity contribution in [2.24, 2.45) is 0 Å². The molecule has 0 N–H and O–H groups in total. The van der Waals surface area contributed by atoms with Crippen LogP contribution in [0.25, 0.3) is 0 Å². The maximum Gasteiger partial charge on any atom is 0.121 e. The first-order valence-electron chi connectivity index (χ1n) is 3.51. The Morgan fingerprint density at radius 2 is 2.27 bits per heavy atom. The SMILES string of the molecule is CC1(C)OC1c1cc(Br)cs1. The van der Waals surface area contributed by atoms with Crippen molar-refractivity contribution in [3.05, 3.63) is 20.8 Å². The average molecular weight is 233 g/mol. The van der Waals surface area contributed by atoms with E-state index in [4.69, 9.17) is 4.74 Å². The number of rotatable bonds is 1. The van der Waals surface area contributed by atoms with Gasteiger partial charge in [0.1, 0.15) is 6.10 Å². The van der Waals surface area contributed by atoms with Gasteiger partial charge in [-0.2, -0.15) is 0 Å². The topological polar surface area (TPSA) is 12.5 Å². The summed E-state index contributed by atoms with van der Waals surface area (Å²) in [5.74, 6) is 0. The van der Waals surface area contributed by atoms with Gasteiger partial charge < -0.3 is 4.74 Å². The summed E-state index contributed by atoms with van der Waals surface area (Å²) in [7, 11) is 0. The summed E-state index contributed by atoms with van der Waals surface area (Å²) in [5.41, 5.74) is 0.0737. The Hall–Kier alpha value is 0.140. The second-order valence-corrected chi connectivity index (χ2v) is 5.13. The summed E-state index contributed by atoms with van der Waals surface area (Å²) in [6, 6.07) is 2.13. The summed E-state index contributed by atoms with van der Waals surface area (Å²) in [6.07, 6.45) is 0.332. The maximum absolute atomic E-state index is 5.49. The van der Waals surface area contributed by atoms with Gasteiger partial charge in [0.25, 0.3) is 0 Å². The molecule has 1 saturated heterocycles. The molecule has 1 aromatic heterocycles. The van der Waals surface area contributed by atoms with Crippen molar-refractivity contribution in [1.82, 2.24) is 0 Å². The highest BCUT2D eigenvalue weighted by molar-refractivity contribution is 9.10. The van der Waals surface area contributed by atoms with Crippen LogP contribution in [0.1, 0.15) is 24.8 Å². The molecule has 1 aliphatic rings. The van der Waals surface area contributed by atoms with Gasteiger partial charge in [-0.3, -0.25) is 0 Å². The normalized spacial score (nSPS) is 27.0. The van der Waals surface area contributed by atoms with Crippen molar-refractivity contribution >= 4 is 27.3 Å². The van der Waals surface area contributed by atoms with Crippen molar-refractivity contribution in [3.8, 4) is 0 Å². The molecule has 0 aromatic carbocycles. The van der Waals surface area contributed by atoms with Gasteiger partial charge in [-0.1, -0.05) is 0 Å². The number of epoxide rings is 1. The first-order valence-corrected chi connectivity index (χ1v) is 5.18. The number of hydrogen-bond donors (Lipinski definition) is 0. The van der Waals surface area contributed by atoms with E-state index < -0.39 is 0 Å². The molecule has 0 radical (unpaired) electrons. The van der Waals surface area contributed by atoms with Crippen LogP contribution in [0, 0.1) is 0 Å². The van der Waals surface area contributed by atoms with Crippen LogP contribution in [0.5, 0.6) is 0 Å². The molecule has 0 aliphatic carbocycles. The summed E-state index contributed by atoms with van der Waals surface area (Å²) in [5, 5.41) is 2.09. The van der Waals surface area contributed by atoms with Gasteiger partial charge in [-0.25, -0.2) is 0 Å². The van der Waals surface area contributed by atoms with Crippen LogP contribution < -0.4 is 0 Å². The van der Waals surface area contributed by atoms with Crippen LogP contribution in [-0.2, 0) is 4.74 Å². The second kappa shape index (κ2) is 2.31. The highest BCUT2D eigenvalue weighted by atomic mass is 79.9. The number of thiophene rings is 1. The molecule has 1 fully saturated rings. The highest BCUT2D eigenvalue weighted by Gasteiger charge is 2.49. The lowest BCUT2D eigenvalue weighted by Gasteiger charge is -1.90. The average Bonchev–Trinajstić information content (AvgIpc) is 2.39. The molecule has 0 bridgehead atoms. The number of hydrogen-bond acceptors (Lipinski definition) is 2. The first-order chi connectivity index (χ1) is 5.09. The summed E-state index contributed by atoms with van der Waals surface area (Å²) < 4.78 is 6.65. The van der Waals surface area contributed by atoms with Crippen molar-refractivity contribution in [3.63, 3.8) is 0 Å². The van der Waals surface area contributed by atoms with E-state index in [2.05, 4.69) is 41.2 Å². The Morgan fingerprint density at radius 3 is 2.64 bits per heavy atom. The second-order valence-electron chi connectivity index (χ2n) is 3.27. The molecule has 1 nitrogen and oxygen atoms in total. The Morgan fingerprint density at radius 1 is 1.64 bits per heavy atom. The lowest BCUT2D eigenvalue weighted by molar-refractivity contribution is 0.326. The summed E-state index contributed by atoms with van der Waals surface area (Å²) >= 11 is 5.17. The van der Waals surface area contributed by atoms with E-state index in [9.17, 15) is 0 Å². The Bertz CT molecular complexity index is 279. The molecule has 0 spiro atoms. The van der Waals surface area contributed by atoms with Gasteiger partial charge in [0.05, 0.1) is 5.60 Å². The van der Waals surface area contributed by atoms with Crippen molar-refractivity contribution in [2.75, 3.05) is 0 Å². The zero-order valence-corrected chi connectivity index (χ0v) is 8.83. The smallest absolute Gasteiger partial charge is 0.121 e. The minimum absolute atomic E-state index is 0.0737. The standard InChI is InChI=1S/C8H9BrOS/c1-8(2)7(10-8)6-3-5(9)4-11-6/h3-4,7H,1-2H3. The lowest BCUT2D eigenvalue weighted by atomic mass is 10.1. The van der Waals surface area contributed by atoms with Gasteiger partial charge in [0.15, 0.2) is 0 Å². The molecule has 2 heterocycles. The fourth-order valence-electron chi connectivity index (χ4n) is 1.14. The zero-order chi connectivity index (χ0) is 8.06. The van der Waals surface area contributed by atoms with Crippen LogP contribution in [0.4, 0.5) is 0 Å². The Labute approximate surface area is 78.5 Å². The quantitative estimate of drug-likeness (QED) is 0.677. The van der Waals surface area contributed by atoms with Crippen LogP contribution in [0.2, 0.25) is 0 Å². The van der Waals surface area contributed by atoms with Crippen LogP contribution in [0.15, 0.2) is 15.9 Å². The molecular weight excluding hydrogens is 224 g/mol. The third-order valence-electron chi connectivity index (χ3n) is 1.84. The van der Waals surface area contributed by atoms with Gasteiger partial charge >= 0.3 is 0 Å². The molecule has 1 aromatic rings. The molecule has 0 amide bonds. The molecule has 1 unspecified atom stereocenters. The molecular formula is C8H9BrOS. The van der Waals surface area contributed by atoms with E-state index in [1.807, 2.05) is 0 Å². The lowest BCUT2D eigenvalue weighted by Crippen LogP contribution is -1.95. The molecule has 1 aliphatic heterocycles. The minimum atomic E-state index is 0.0737. The molecule has 0 saturated carbocycles. The fourth-order valence-corrected chi connectivity index (χ4v) is 2.78. The Kier molecular flexibility index (Phi) is 1.63. The fraction of sp³-hybridized carbons (Fsp3) is 0.500. The van der Waals surface area contributed by atoms with E-state index >= 15 is 0 Å².